The van der Waals surface area contributed by atoms with Crippen LogP contribution in [0.1, 0.15) is 0 Å². The highest BCUT2D eigenvalue weighted by molar-refractivity contribution is 5.90. The molecule has 1 aromatic heterocycles. The van der Waals surface area contributed by atoms with Gasteiger partial charge in [-0.25, -0.2) is 15.0 Å². The van der Waals surface area contributed by atoms with Crippen molar-refractivity contribution in [3.8, 4) is 0 Å². The van der Waals surface area contributed by atoms with Gasteiger partial charge in [-0.05, 0) is 6.07 Å². The molecule has 8 nitrogen and oxygen atoms in total. The molecule has 1 aromatic carbocycles. The first-order chi connectivity index (χ1) is 9.74. The second kappa shape index (κ2) is 5.35. The van der Waals surface area contributed by atoms with Crippen LogP contribution < -0.4 is 5.43 Å². The minimum absolute atomic E-state index is 0.0253. The van der Waals surface area contributed by atoms with Crippen LogP contribution >= 0.6 is 0 Å². The molecular weight excluding hydrogens is 262 g/mol. The number of ether oxygens (including phenoxy) is 1. The maximum absolute atomic E-state index is 10.9. The molecule has 0 radical (unpaired) electrons. The van der Waals surface area contributed by atoms with Gasteiger partial charge in [0.05, 0.1) is 29.0 Å². The van der Waals surface area contributed by atoms with Crippen LogP contribution in [-0.4, -0.2) is 46.2 Å². The summed E-state index contributed by atoms with van der Waals surface area (Å²) in [6.07, 6.45) is 1.44. The zero-order valence-corrected chi connectivity index (χ0v) is 10.7. The second-order valence-corrected chi connectivity index (χ2v) is 4.39. The quantitative estimate of drug-likeness (QED) is 0.664. The van der Waals surface area contributed by atoms with Gasteiger partial charge in [0, 0.05) is 25.2 Å². The number of nitrogens with one attached hydrogen (secondary N) is 1. The van der Waals surface area contributed by atoms with Crippen molar-refractivity contribution >= 4 is 22.4 Å². The number of anilines is 1. The van der Waals surface area contributed by atoms with Crippen molar-refractivity contribution in [3.63, 3.8) is 0 Å². The number of nitro benzene ring substituents is 1. The van der Waals surface area contributed by atoms with E-state index in [0.29, 0.717) is 29.9 Å². The highest BCUT2D eigenvalue weighted by atomic mass is 16.6. The molecule has 0 aliphatic carbocycles. The summed E-state index contributed by atoms with van der Waals surface area (Å²) in [5.41, 5.74) is 3.86. The monoisotopic (exact) mass is 275 g/mol. The van der Waals surface area contributed by atoms with Gasteiger partial charge < -0.3 is 10.2 Å². The minimum Gasteiger partial charge on any atom is -0.379 e. The van der Waals surface area contributed by atoms with E-state index in [1.165, 1.54) is 18.5 Å². The Morgan fingerprint density at radius 2 is 2.10 bits per heavy atom. The summed E-state index contributed by atoms with van der Waals surface area (Å²) in [7, 11) is 0. The van der Waals surface area contributed by atoms with Crippen molar-refractivity contribution in [2.75, 3.05) is 31.7 Å². The molecule has 2 heterocycles. The maximum atomic E-state index is 10.9. The van der Waals surface area contributed by atoms with Gasteiger partial charge in [-0.15, -0.1) is 0 Å². The Morgan fingerprint density at radius 3 is 2.85 bits per heavy atom. The third-order valence-corrected chi connectivity index (χ3v) is 3.10. The molecule has 1 N–H and O–H groups in total. The first kappa shape index (κ1) is 12.7. The largest absolute Gasteiger partial charge is 0.379 e. The zero-order chi connectivity index (χ0) is 13.9. The van der Waals surface area contributed by atoms with Gasteiger partial charge in [0.15, 0.2) is 5.82 Å². The van der Waals surface area contributed by atoms with E-state index in [1.54, 1.807) is 6.07 Å². The number of aromatic nitrogens is 2. The lowest BCUT2D eigenvalue weighted by molar-refractivity contribution is -0.384. The Balaban J connectivity index is 1.96. The Kier molecular flexibility index (Phi) is 3.40. The van der Waals surface area contributed by atoms with Crippen LogP contribution in [0.3, 0.4) is 0 Å². The number of nitro groups is 1. The van der Waals surface area contributed by atoms with Gasteiger partial charge >= 0.3 is 0 Å². The molecule has 0 spiro atoms. The molecule has 8 heteroatoms. The second-order valence-electron chi connectivity index (χ2n) is 4.39. The highest BCUT2D eigenvalue weighted by Gasteiger charge is 2.14. The topological polar surface area (TPSA) is 93.4 Å². The molecule has 1 fully saturated rings. The van der Waals surface area contributed by atoms with Crippen molar-refractivity contribution < 1.29 is 9.66 Å². The zero-order valence-electron chi connectivity index (χ0n) is 10.7. The Morgan fingerprint density at radius 1 is 1.30 bits per heavy atom. The molecule has 3 rings (SSSR count). The first-order valence-electron chi connectivity index (χ1n) is 6.22. The van der Waals surface area contributed by atoms with Crippen molar-refractivity contribution in [1.29, 1.82) is 0 Å². The fourth-order valence-corrected chi connectivity index (χ4v) is 2.07. The lowest BCUT2D eigenvalue weighted by atomic mass is 10.2. The Labute approximate surface area is 114 Å². The molecule has 0 atom stereocenters. The summed E-state index contributed by atoms with van der Waals surface area (Å²) in [5, 5.41) is 13.5. The predicted molar refractivity (Wildman–Crippen MR) is 72.2 cm³/mol. The van der Waals surface area contributed by atoms with Gasteiger partial charge in [0.2, 0.25) is 0 Å². The molecule has 20 heavy (non-hydrogen) atoms. The summed E-state index contributed by atoms with van der Waals surface area (Å²) in [6, 6.07) is 4.55. The van der Waals surface area contributed by atoms with E-state index in [4.69, 9.17) is 4.74 Å². The van der Waals surface area contributed by atoms with Gasteiger partial charge in [0.1, 0.15) is 6.33 Å². The predicted octanol–water partition coefficient (Wildman–Crippen LogP) is 1.20. The molecule has 0 amide bonds. The lowest BCUT2D eigenvalue weighted by Crippen LogP contribution is -2.40. The van der Waals surface area contributed by atoms with Crippen LogP contribution in [0.25, 0.3) is 10.9 Å². The minimum atomic E-state index is -0.426. The molecule has 1 aliphatic heterocycles. The number of nitrogens with zero attached hydrogens (tertiary/aromatic N) is 4. The molecular formula is C12H13N5O3. The van der Waals surface area contributed by atoms with Gasteiger partial charge in [-0.3, -0.25) is 10.1 Å². The number of rotatable bonds is 3. The van der Waals surface area contributed by atoms with Crippen LogP contribution in [0.5, 0.6) is 0 Å². The van der Waals surface area contributed by atoms with Crippen LogP contribution in [0.4, 0.5) is 11.5 Å². The smallest absolute Gasteiger partial charge is 0.270 e. The van der Waals surface area contributed by atoms with Gasteiger partial charge in [0.25, 0.3) is 5.69 Å². The maximum Gasteiger partial charge on any atom is 0.270 e. The molecule has 0 unspecified atom stereocenters. The van der Waals surface area contributed by atoms with E-state index in [-0.39, 0.29) is 5.69 Å². The van der Waals surface area contributed by atoms with Crippen molar-refractivity contribution in [2.24, 2.45) is 0 Å². The average molecular weight is 275 g/mol. The number of benzene rings is 1. The van der Waals surface area contributed by atoms with E-state index in [9.17, 15) is 10.1 Å². The molecule has 0 saturated carbocycles. The summed E-state index contributed by atoms with van der Waals surface area (Å²) in [5.74, 6) is 0.570. The molecule has 2 aromatic rings. The van der Waals surface area contributed by atoms with Crippen LogP contribution in [0.15, 0.2) is 24.5 Å². The first-order valence-corrected chi connectivity index (χ1v) is 6.22. The van der Waals surface area contributed by atoms with E-state index in [0.717, 1.165) is 13.1 Å². The fraction of sp³-hybridized carbons (Fsp3) is 0.333. The summed E-state index contributed by atoms with van der Waals surface area (Å²) < 4.78 is 5.27. The van der Waals surface area contributed by atoms with Crippen molar-refractivity contribution in [2.45, 2.75) is 0 Å². The summed E-state index contributed by atoms with van der Waals surface area (Å²) >= 11 is 0. The van der Waals surface area contributed by atoms with Crippen LogP contribution in [0.2, 0.25) is 0 Å². The van der Waals surface area contributed by atoms with Crippen LogP contribution in [-0.2, 0) is 4.74 Å². The van der Waals surface area contributed by atoms with Gasteiger partial charge in [-0.2, -0.15) is 0 Å². The number of non-ortho nitro benzene ring substituents is 1. The SMILES string of the molecule is O=[N+]([O-])c1ccc2ncnc(NN3CCOCC3)c2c1. The van der Waals surface area contributed by atoms with Crippen molar-refractivity contribution in [1.82, 2.24) is 15.0 Å². The number of hydrogen-bond donors (Lipinski definition) is 1. The lowest BCUT2D eigenvalue weighted by Gasteiger charge is -2.27. The molecule has 1 saturated heterocycles. The molecule has 104 valence electrons. The van der Waals surface area contributed by atoms with Crippen LogP contribution in [0, 0.1) is 10.1 Å². The standard InChI is InChI=1S/C12H13N5O3/c18-17(19)9-1-2-11-10(7-9)12(14-8-13-11)15-16-3-5-20-6-4-16/h1-2,7-8H,3-6H2,(H,13,14,15). The summed E-state index contributed by atoms with van der Waals surface area (Å²) in [4.78, 5) is 18.7. The molecule has 0 bridgehead atoms. The highest BCUT2D eigenvalue weighted by Crippen LogP contribution is 2.24. The average Bonchev–Trinajstić information content (AvgIpc) is 2.48. The third-order valence-electron chi connectivity index (χ3n) is 3.10. The normalized spacial score (nSPS) is 16.2. The molecule has 1 aliphatic rings. The van der Waals surface area contributed by atoms with Crippen molar-refractivity contribution in [3.05, 3.63) is 34.6 Å². The van der Waals surface area contributed by atoms with Gasteiger partial charge in [-0.1, -0.05) is 0 Å². The Bertz CT molecular complexity index is 642. The number of hydrogen-bond acceptors (Lipinski definition) is 7. The van der Waals surface area contributed by atoms with E-state index in [2.05, 4.69) is 15.4 Å². The number of fused-ring (bicyclic) bond motifs is 1. The summed E-state index contributed by atoms with van der Waals surface area (Å²) in [6.45, 7) is 2.77. The van der Waals surface area contributed by atoms with E-state index < -0.39 is 4.92 Å². The number of morpholine rings is 1. The van der Waals surface area contributed by atoms with E-state index in [1.807, 2.05) is 5.01 Å². The van der Waals surface area contributed by atoms with E-state index >= 15 is 0 Å². The fourth-order valence-electron chi connectivity index (χ4n) is 2.07. The third kappa shape index (κ3) is 2.51. The Hall–Kier alpha value is -2.32. The number of hydrazine groups is 1.